The summed E-state index contributed by atoms with van der Waals surface area (Å²) in [4.78, 5) is 9.99. The lowest BCUT2D eigenvalue weighted by Crippen LogP contribution is -2.70. The van der Waals surface area contributed by atoms with Crippen LogP contribution in [-0.2, 0) is 0 Å². The number of aromatic nitrogens is 2. The summed E-state index contributed by atoms with van der Waals surface area (Å²) in [6.45, 7) is 1.58. The van der Waals surface area contributed by atoms with Gasteiger partial charge in [-0.3, -0.25) is 0 Å². The molecule has 136 valence electrons. The third-order valence-corrected chi connectivity index (χ3v) is 4.73. The van der Waals surface area contributed by atoms with Crippen molar-refractivity contribution in [2.24, 2.45) is 0 Å². The van der Waals surface area contributed by atoms with Gasteiger partial charge in [-0.25, -0.2) is 9.97 Å². The molecular formula is C18H18BrFN4O2. The highest BCUT2D eigenvalue weighted by Gasteiger charge is 2.18. The summed E-state index contributed by atoms with van der Waals surface area (Å²) in [6.07, 6.45) is 6.70. The maximum atomic E-state index is 13.3. The first kappa shape index (κ1) is 20.0. The molecule has 0 aromatic carbocycles. The molecule has 2 aromatic rings. The van der Waals surface area contributed by atoms with Crippen LogP contribution in [0.2, 0.25) is 0 Å². The van der Waals surface area contributed by atoms with Crippen molar-refractivity contribution >= 4 is 27.4 Å². The van der Waals surface area contributed by atoms with E-state index < -0.39 is 5.95 Å². The molecule has 3 rings (SSSR count). The van der Waals surface area contributed by atoms with Crippen LogP contribution in [0.5, 0.6) is 0 Å². The minimum Gasteiger partial charge on any atom is -0.630 e. The molecule has 1 aliphatic rings. The van der Waals surface area contributed by atoms with E-state index in [1.165, 1.54) is 11.8 Å². The van der Waals surface area contributed by atoms with E-state index in [1.807, 2.05) is 6.08 Å². The monoisotopic (exact) mass is 420 g/mol. The molecule has 0 unspecified atom stereocenters. The lowest BCUT2D eigenvalue weighted by molar-refractivity contribution is -0.496. The van der Waals surface area contributed by atoms with Crippen LogP contribution >= 0.6 is 15.9 Å². The van der Waals surface area contributed by atoms with Crippen molar-refractivity contribution < 1.29 is 15.3 Å². The van der Waals surface area contributed by atoms with Crippen LogP contribution < -0.4 is 10.4 Å². The van der Waals surface area contributed by atoms with Crippen LogP contribution in [0, 0.1) is 23.0 Å². The van der Waals surface area contributed by atoms with E-state index in [2.05, 4.69) is 42.6 Å². The molecule has 0 spiro atoms. The van der Waals surface area contributed by atoms with Crippen molar-refractivity contribution in [3.05, 3.63) is 63.4 Å². The second-order valence-electron chi connectivity index (χ2n) is 5.56. The quantitative estimate of drug-likeness (QED) is 0.454. The average Bonchev–Trinajstić information content (AvgIpc) is 2.66. The summed E-state index contributed by atoms with van der Waals surface area (Å²) in [5.41, 5.74) is 3.26. The van der Waals surface area contributed by atoms with Gasteiger partial charge in [0.05, 0.1) is 4.47 Å². The minimum absolute atomic E-state index is 0. The predicted molar refractivity (Wildman–Crippen MR) is 101 cm³/mol. The topological polar surface area (TPSA) is 100 Å². The molecule has 0 radical (unpaired) electrons. The Morgan fingerprint density at radius 1 is 1.23 bits per heavy atom. The van der Waals surface area contributed by atoms with Crippen molar-refractivity contribution in [3.8, 4) is 11.8 Å². The zero-order chi connectivity index (χ0) is 17.6. The Morgan fingerprint density at radius 3 is 2.73 bits per heavy atom. The van der Waals surface area contributed by atoms with Gasteiger partial charge in [-0.05, 0) is 47.0 Å². The lowest BCUT2D eigenvalue weighted by atomic mass is 10.0. The fourth-order valence-electron chi connectivity index (χ4n) is 2.65. The number of allylic oxidation sites excluding steroid dienone is 1. The van der Waals surface area contributed by atoms with Crippen molar-refractivity contribution in [2.45, 2.75) is 12.8 Å². The van der Waals surface area contributed by atoms with Crippen molar-refractivity contribution in [3.63, 3.8) is 0 Å². The van der Waals surface area contributed by atoms with Gasteiger partial charge < -0.3 is 21.1 Å². The molecule has 0 saturated carbocycles. The number of anilines is 1. The lowest BCUT2D eigenvalue weighted by Gasteiger charge is -2.29. The number of nitrogens with zero attached hydrogens (tertiary/aromatic N) is 3. The molecule has 0 aliphatic carbocycles. The van der Waals surface area contributed by atoms with Crippen LogP contribution in [0.25, 0.3) is 0 Å². The Kier molecular flexibility index (Phi) is 7.24. The molecule has 0 amide bonds. The van der Waals surface area contributed by atoms with E-state index >= 15 is 0 Å². The van der Waals surface area contributed by atoms with E-state index in [9.17, 15) is 9.60 Å². The summed E-state index contributed by atoms with van der Waals surface area (Å²) in [5.74, 6) is 6.10. The Bertz CT molecular complexity index is 854. The first-order chi connectivity index (χ1) is 12.2. The largest absolute Gasteiger partial charge is 0.630 e. The van der Waals surface area contributed by atoms with E-state index in [0.717, 1.165) is 37.2 Å². The van der Waals surface area contributed by atoms with Crippen LogP contribution in [0.4, 0.5) is 15.9 Å². The average molecular weight is 421 g/mol. The van der Waals surface area contributed by atoms with Crippen molar-refractivity contribution in [1.29, 1.82) is 0 Å². The summed E-state index contributed by atoms with van der Waals surface area (Å²) in [5, 5.41) is 11.1. The second-order valence-corrected chi connectivity index (χ2v) is 6.35. The maximum Gasteiger partial charge on any atom is 0.228 e. The summed E-state index contributed by atoms with van der Waals surface area (Å²) < 4.78 is 13.6. The van der Waals surface area contributed by atoms with Gasteiger partial charge in [0.15, 0.2) is 11.5 Å². The van der Waals surface area contributed by atoms with Crippen molar-refractivity contribution in [1.82, 2.24) is 9.97 Å². The Labute approximate surface area is 159 Å². The Balaban J connectivity index is 0.00000243. The molecule has 2 aromatic heterocycles. The van der Waals surface area contributed by atoms with Gasteiger partial charge in [0.25, 0.3) is 0 Å². The third kappa shape index (κ3) is 4.65. The zero-order valence-electron chi connectivity index (χ0n) is 13.9. The van der Waals surface area contributed by atoms with E-state index in [4.69, 9.17) is 0 Å². The number of hydrogen-bond acceptors (Lipinski definition) is 4. The first-order valence-electron chi connectivity index (χ1n) is 7.83. The SMILES string of the molecule is O.[O-][NH2+]c1cccnc1N1CCC(=CC#Cc2ccnc(F)c2Br)CC1. The molecular weight excluding hydrogens is 403 g/mol. The van der Waals surface area contributed by atoms with E-state index in [-0.39, 0.29) is 9.95 Å². The highest BCUT2D eigenvalue weighted by molar-refractivity contribution is 9.10. The Hall–Kier alpha value is -2.31. The zero-order valence-corrected chi connectivity index (χ0v) is 15.5. The molecule has 0 bridgehead atoms. The second kappa shape index (κ2) is 9.40. The molecule has 1 fully saturated rings. The van der Waals surface area contributed by atoms with Gasteiger partial charge in [-0.15, -0.1) is 0 Å². The number of pyridine rings is 2. The summed E-state index contributed by atoms with van der Waals surface area (Å²) in [6, 6.07) is 5.21. The molecule has 0 atom stereocenters. The van der Waals surface area contributed by atoms with E-state index in [0.29, 0.717) is 11.3 Å². The molecule has 8 heteroatoms. The standard InChI is InChI=1S/C18H16BrFN4O.H2O/c19-16-14(6-10-21-17(16)20)4-1-3-13-7-11-24(12-8-13)18-15(23-25)5-2-9-22-18;/h2-3,5-6,9-10H,7-8,11-12,23H2;1H2. The van der Waals surface area contributed by atoms with Crippen molar-refractivity contribution in [2.75, 3.05) is 18.0 Å². The molecule has 4 N–H and O–H groups in total. The Morgan fingerprint density at radius 2 is 2.00 bits per heavy atom. The van der Waals surface area contributed by atoms with Crippen LogP contribution in [0.3, 0.4) is 0 Å². The number of rotatable bonds is 2. The van der Waals surface area contributed by atoms with Gasteiger partial charge in [0.2, 0.25) is 5.95 Å². The van der Waals surface area contributed by atoms with Crippen LogP contribution in [-0.4, -0.2) is 28.5 Å². The smallest absolute Gasteiger partial charge is 0.228 e. The fourth-order valence-corrected chi connectivity index (χ4v) is 2.98. The van der Waals surface area contributed by atoms with Gasteiger partial charge >= 0.3 is 0 Å². The normalized spacial score (nSPS) is 13.5. The molecule has 26 heavy (non-hydrogen) atoms. The number of quaternary nitrogens is 1. The molecule has 3 heterocycles. The highest BCUT2D eigenvalue weighted by Crippen LogP contribution is 2.24. The van der Waals surface area contributed by atoms with Gasteiger partial charge in [-0.1, -0.05) is 17.4 Å². The van der Waals surface area contributed by atoms with Gasteiger partial charge in [0.1, 0.15) is 0 Å². The fraction of sp³-hybridized carbons (Fsp3) is 0.222. The number of piperidine rings is 1. The summed E-state index contributed by atoms with van der Waals surface area (Å²) in [7, 11) is 0. The predicted octanol–water partition coefficient (Wildman–Crippen LogP) is 1.82. The van der Waals surface area contributed by atoms with Gasteiger partial charge in [0, 0.05) is 37.1 Å². The molecule has 1 saturated heterocycles. The highest BCUT2D eigenvalue weighted by atomic mass is 79.9. The first-order valence-corrected chi connectivity index (χ1v) is 8.63. The van der Waals surface area contributed by atoms with E-state index in [1.54, 1.807) is 24.4 Å². The number of halogens is 2. The minimum atomic E-state index is -0.561. The number of hydrogen-bond donors (Lipinski definition) is 1. The van der Waals surface area contributed by atoms with Gasteiger partial charge in [-0.2, -0.15) is 4.39 Å². The van der Waals surface area contributed by atoms with Crippen LogP contribution in [0.1, 0.15) is 18.4 Å². The third-order valence-electron chi connectivity index (χ3n) is 3.98. The number of nitrogens with two attached hydrogens (primary N) is 1. The summed E-state index contributed by atoms with van der Waals surface area (Å²) >= 11 is 3.15. The van der Waals surface area contributed by atoms with Crippen LogP contribution in [0.15, 0.2) is 46.7 Å². The maximum absolute atomic E-state index is 13.3. The molecule has 1 aliphatic heterocycles. The molecule has 6 nitrogen and oxygen atoms in total.